The average molecular weight is 249 g/mol. The van der Waals surface area contributed by atoms with E-state index in [0.29, 0.717) is 12.0 Å². The lowest BCUT2D eigenvalue weighted by atomic mass is 9.78. The maximum Gasteiger partial charge on any atom is 0.138 e. The highest BCUT2D eigenvalue weighted by atomic mass is 16.5. The van der Waals surface area contributed by atoms with E-state index >= 15 is 0 Å². The van der Waals surface area contributed by atoms with Gasteiger partial charge in [0.25, 0.3) is 0 Å². The molecule has 4 nitrogen and oxygen atoms in total. The van der Waals surface area contributed by atoms with E-state index in [1.807, 2.05) is 13.8 Å². The van der Waals surface area contributed by atoms with Crippen LogP contribution in [-0.4, -0.2) is 29.2 Å². The highest BCUT2D eigenvalue weighted by Gasteiger charge is 2.38. The number of hydrogen-bond donors (Lipinski definition) is 1. The summed E-state index contributed by atoms with van der Waals surface area (Å²) in [7, 11) is 0. The molecule has 100 valence electrons. The molecule has 18 heavy (non-hydrogen) atoms. The molecule has 1 saturated carbocycles. The van der Waals surface area contributed by atoms with E-state index in [-0.39, 0.29) is 0 Å². The summed E-state index contributed by atoms with van der Waals surface area (Å²) in [5.74, 6) is 2.49. The molecule has 2 N–H and O–H groups in total. The molecule has 1 aromatic rings. The van der Waals surface area contributed by atoms with Crippen LogP contribution in [0.25, 0.3) is 0 Å². The molecule has 0 amide bonds. The van der Waals surface area contributed by atoms with Gasteiger partial charge in [-0.15, -0.1) is 0 Å². The fraction of sp³-hybridized carbons (Fsp3) is 0.786. The minimum Gasteiger partial charge on any atom is -0.361 e. The number of likely N-dealkylation sites (tertiary alicyclic amines) is 1. The predicted molar refractivity (Wildman–Crippen MR) is 70.1 cm³/mol. The molecule has 1 aliphatic heterocycles. The molecule has 3 unspecified atom stereocenters. The molecule has 1 saturated heterocycles. The van der Waals surface area contributed by atoms with E-state index in [2.05, 4.69) is 10.1 Å². The minimum absolute atomic E-state index is 0.415. The summed E-state index contributed by atoms with van der Waals surface area (Å²) < 4.78 is 5.24. The molecule has 0 radical (unpaired) electrons. The van der Waals surface area contributed by atoms with Crippen LogP contribution in [0, 0.1) is 25.7 Å². The molecule has 1 aromatic heterocycles. The summed E-state index contributed by atoms with van der Waals surface area (Å²) in [4.78, 5) is 2.53. The molecule has 3 rings (SSSR count). The maximum absolute atomic E-state index is 6.26. The zero-order valence-corrected chi connectivity index (χ0v) is 11.4. The topological polar surface area (TPSA) is 55.3 Å². The van der Waals surface area contributed by atoms with Gasteiger partial charge in [0.15, 0.2) is 0 Å². The second-order valence-electron chi connectivity index (χ2n) is 6.02. The van der Waals surface area contributed by atoms with Crippen LogP contribution in [0.4, 0.5) is 0 Å². The number of hydrogen-bond acceptors (Lipinski definition) is 4. The largest absolute Gasteiger partial charge is 0.361 e. The first kappa shape index (κ1) is 12.2. The highest BCUT2D eigenvalue weighted by Crippen LogP contribution is 2.36. The number of aryl methyl sites for hydroxylation is 2. The van der Waals surface area contributed by atoms with Crippen molar-refractivity contribution in [3.05, 3.63) is 17.0 Å². The van der Waals surface area contributed by atoms with Crippen LogP contribution in [0.3, 0.4) is 0 Å². The molecule has 4 heteroatoms. The smallest absolute Gasteiger partial charge is 0.138 e. The van der Waals surface area contributed by atoms with Crippen LogP contribution in [0.2, 0.25) is 0 Å². The molecule has 2 heterocycles. The van der Waals surface area contributed by atoms with Gasteiger partial charge in [-0.3, -0.25) is 4.90 Å². The first-order valence-electron chi connectivity index (χ1n) is 7.05. The van der Waals surface area contributed by atoms with Crippen LogP contribution >= 0.6 is 0 Å². The zero-order chi connectivity index (χ0) is 12.7. The Morgan fingerprint density at radius 2 is 2.17 bits per heavy atom. The van der Waals surface area contributed by atoms with Gasteiger partial charge in [-0.1, -0.05) is 11.6 Å². The Morgan fingerprint density at radius 3 is 2.83 bits per heavy atom. The third-order valence-corrected chi connectivity index (χ3v) is 4.79. The highest BCUT2D eigenvalue weighted by molar-refractivity contribution is 5.20. The van der Waals surface area contributed by atoms with Crippen molar-refractivity contribution in [2.75, 3.05) is 13.1 Å². The normalized spacial score (nSPS) is 32.7. The van der Waals surface area contributed by atoms with Gasteiger partial charge in [0, 0.05) is 31.2 Å². The SMILES string of the molecule is Cc1noc(C)c1CN1CC2CCCC(N)C2C1. The summed E-state index contributed by atoms with van der Waals surface area (Å²) in [6.07, 6.45) is 3.87. The Bertz CT molecular complexity index is 409. The molecule has 1 aliphatic carbocycles. The summed E-state index contributed by atoms with van der Waals surface area (Å²) in [5, 5.41) is 4.04. The van der Waals surface area contributed by atoms with Gasteiger partial charge < -0.3 is 10.3 Å². The van der Waals surface area contributed by atoms with Gasteiger partial charge in [0.05, 0.1) is 5.69 Å². The van der Waals surface area contributed by atoms with Crippen molar-refractivity contribution in [1.82, 2.24) is 10.1 Å². The first-order valence-corrected chi connectivity index (χ1v) is 7.05. The van der Waals surface area contributed by atoms with Gasteiger partial charge in [-0.25, -0.2) is 0 Å². The summed E-state index contributed by atoms with van der Waals surface area (Å²) in [5.41, 5.74) is 8.56. The minimum atomic E-state index is 0.415. The van der Waals surface area contributed by atoms with Crippen LogP contribution in [0.5, 0.6) is 0 Å². The third-order valence-electron chi connectivity index (χ3n) is 4.79. The van der Waals surface area contributed by atoms with E-state index in [4.69, 9.17) is 10.3 Å². The lowest BCUT2D eigenvalue weighted by Crippen LogP contribution is -2.38. The van der Waals surface area contributed by atoms with Crippen molar-refractivity contribution >= 4 is 0 Å². The standard InChI is InChI=1S/C14H23N3O/c1-9-12(10(2)18-16-9)7-17-6-11-4-3-5-14(15)13(11)8-17/h11,13-14H,3-8,15H2,1-2H3. The van der Waals surface area contributed by atoms with Gasteiger partial charge in [-0.2, -0.15) is 0 Å². The van der Waals surface area contributed by atoms with Crippen LogP contribution in [-0.2, 0) is 6.54 Å². The van der Waals surface area contributed by atoms with E-state index in [1.54, 1.807) is 0 Å². The molecule has 2 fully saturated rings. The first-order chi connectivity index (χ1) is 8.65. The van der Waals surface area contributed by atoms with E-state index < -0.39 is 0 Å². The van der Waals surface area contributed by atoms with Crippen molar-refractivity contribution in [1.29, 1.82) is 0 Å². The van der Waals surface area contributed by atoms with Gasteiger partial charge >= 0.3 is 0 Å². The second kappa shape index (κ2) is 4.67. The molecule has 0 aromatic carbocycles. The molecule has 0 bridgehead atoms. The van der Waals surface area contributed by atoms with Crippen molar-refractivity contribution < 1.29 is 4.52 Å². The van der Waals surface area contributed by atoms with E-state index in [1.165, 1.54) is 31.4 Å². The zero-order valence-electron chi connectivity index (χ0n) is 11.4. The Hall–Kier alpha value is -0.870. The lowest BCUT2D eigenvalue weighted by molar-refractivity contribution is 0.259. The van der Waals surface area contributed by atoms with Crippen molar-refractivity contribution in [3.63, 3.8) is 0 Å². The van der Waals surface area contributed by atoms with Gasteiger partial charge in [-0.05, 0) is 38.5 Å². The maximum atomic E-state index is 6.26. The number of fused-ring (bicyclic) bond motifs is 1. The van der Waals surface area contributed by atoms with Crippen LogP contribution in [0.1, 0.15) is 36.3 Å². The lowest BCUT2D eigenvalue weighted by Gasteiger charge is -2.29. The van der Waals surface area contributed by atoms with E-state index in [0.717, 1.165) is 30.5 Å². The number of nitrogens with two attached hydrogens (primary N) is 1. The number of nitrogens with zero attached hydrogens (tertiary/aromatic N) is 2. The Labute approximate surface area is 108 Å². The predicted octanol–water partition coefficient (Wildman–Crippen LogP) is 1.85. The quantitative estimate of drug-likeness (QED) is 0.869. The Morgan fingerprint density at radius 1 is 1.33 bits per heavy atom. The fourth-order valence-corrected chi connectivity index (χ4v) is 3.69. The van der Waals surface area contributed by atoms with Crippen molar-refractivity contribution in [2.24, 2.45) is 17.6 Å². The van der Waals surface area contributed by atoms with E-state index in [9.17, 15) is 0 Å². The Kier molecular flexibility index (Phi) is 3.16. The summed E-state index contributed by atoms with van der Waals surface area (Å²) in [6.45, 7) is 7.35. The summed E-state index contributed by atoms with van der Waals surface area (Å²) >= 11 is 0. The van der Waals surface area contributed by atoms with Crippen LogP contribution in [0.15, 0.2) is 4.52 Å². The number of aromatic nitrogens is 1. The average Bonchev–Trinajstić information content (AvgIpc) is 2.89. The Balaban J connectivity index is 1.69. The molecular formula is C14H23N3O. The van der Waals surface area contributed by atoms with Crippen molar-refractivity contribution in [3.8, 4) is 0 Å². The molecule has 2 aliphatic rings. The molecular weight excluding hydrogens is 226 g/mol. The fourth-order valence-electron chi connectivity index (χ4n) is 3.69. The van der Waals surface area contributed by atoms with Gasteiger partial charge in [0.2, 0.25) is 0 Å². The van der Waals surface area contributed by atoms with Crippen molar-refractivity contribution in [2.45, 2.75) is 45.7 Å². The number of rotatable bonds is 2. The molecule has 0 spiro atoms. The van der Waals surface area contributed by atoms with Gasteiger partial charge in [0.1, 0.15) is 5.76 Å². The molecule has 3 atom stereocenters. The second-order valence-corrected chi connectivity index (χ2v) is 6.02. The third kappa shape index (κ3) is 2.08. The van der Waals surface area contributed by atoms with Crippen LogP contribution < -0.4 is 5.73 Å². The monoisotopic (exact) mass is 249 g/mol. The summed E-state index contributed by atoms with van der Waals surface area (Å²) in [6, 6.07) is 0.415.